The summed E-state index contributed by atoms with van der Waals surface area (Å²) in [5, 5.41) is 21.1. The predicted octanol–water partition coefficient (Wildman–Crippen LogP) is 5.17. The molecule has 0 fully saturated rings. The first-order chi connectivity index (χ1) is 22.4. The molecule has 47 heavy (non-hydrogen) atoms. The van der Waals surface area contributed by atoms with Gasteiger partial charge in [0.25, 0.3) is 15.9 Å². The Kier molecular flexibility index (Phi) is 12.8. The zero-order valence-corrected chi connectivity index (χ0v) is 28.9. The number of amides is 1. The molecule has 13 heteroatoms. The maximum absolute atomic E-state index is 14.3. The Morgan fingerprint density at radius 1 is 1.15 bits per heavy atom. The number of fused-ring (bicyclic) bond motifs is 1. The Hall–Kier alpha value is -3.49. The highest BCUT2D eigenvalue weighted by atomic mass is 32.2. The van der Waals surface area contributed by atoms with Crippen LogP contribution in [0.25, 0.3) is 0 Å². The molecule has 2 heterocycles. The molecule has 4 atom stereocenters. The fraction of sp³-hybridized carbons (Fsp3) is 0.471. The summed E-state index contributed by atoms with van der Waals surface area (Å²) >= 11 is 1.10. The summed E-state index contributed by atoms with van der Waals surface area (Å²) in [6.07, 6.45) is 1.94. The van der Waals surface area contributed by atoms with E-state index in [9.17, 15) is 28.2 Å². The van der Waals surface area contributed by atoms with Crippen LogP contribution in [0.2, 0.25) is 0 Å². The van der Waals surface area contributed by atoms with E-state index in [1.54, 1.807) is 59.7 Å². The van der Waals surface area contributed by atoms with E-state index < -0.39 is 22.0 Å². The molecular weight excluding hydrogens is 643 g/mol. The second-order valence-electron chi connectivity index (χ2n) is 12.2. The lowest BCUT2D eigenvalue weighted by molar-refractivity contribution is -0.0177. The number of anilines is 1. The van der Waals surface area contributed by atoms with Gasteiger partial charge in [0.2, 0.25) is 0 Å². The fourth-order valence-electron chi connectivity index (χ4n) is 5.51. The van der Waals surface area contributed by atoms with Gasteiger partial charge in [-0.05, 0) is 87.5 Å². The summed E-state index contributed by atoms with van der Waals surface area (Å²) in [4.78, 5) is 29.3. The maximum atomic E-state index is 14.3. The third-order valence-corrected chi connectivity index (χ3v) is 11.0. The zero-order chi connectivity index (χ0) is 34.1. The first-order valence-corrected chi connectivity index (χ1v) is 18.2. The van der Waals surface area contributed by atoms with E-state index in [2.05, 4.69) is 9.62 Å². The number of aliphatic hydroxyl groups excluding tert-OH is 1. The number of hydrogen-bond donors (Lipinski definition) is 3. The second-order valence-corrected chi connectivity index (χ2v) is 15.1. The van der Waals surface area contributed by atoms with E-state index in [-0.39, 0.29) is 58.2 Å². The minimum absolute atomic E-state index is 0.142. The molecule has 11 nitrogen and oxygen atoms in total. The van der Waals surface area contributed by atoms with Gasteiger partial charge in [-0.1, -0.05) is 25.1 Å². The van der Waals surface area contributed by atoms with Gasteiger partial charge < -0.3 is 24.6 Å². The van der Waals surface area contributed by atoms with E-state index in [1.807, 2.05) is 20.9 Å². The van der Waals surface area contributed by atoms with Crippen molar-refractivity contribution in [3.63, 3.8) is 0 Å². The van der Waals surface area contributed by atoms with E-state index >= 15 is 0 Å². The number of rotatable bonds is 10. The highest BCUT2D eigenvalue weighted by Gasteiger charge is 2.31. The maximum Gasteiger partial charge on any atom is 0.335 e. The molecule has 2 aromatic carbocycles. The number of thiophene rings is 1. The van der Waals surface area contributed by atoms with Gasteiger partial charge in [-0.2, -0.15) is 0 Å². The Bertz CT molecular complexity index is 1580. The van der Waals surface area contributed by atoms with Crippen molar-refractivity contribution in [2.24, 2.45) is 5.92 Å². The number of benzene rings is 2. The first kappa shape index (κ1) is 36.3. The molecule has 1 amide bonds. The molecule has 0 unspecified atom stereocenters. The van der Waals surface area contributed by atoms with Crippen LogP contribution in [-0.4, -0.2) is 91.9 Å². The molecule has 4 rings (SSSR count). The van der Waals surface area contributed by atoms with Crippen LogP contribution in [0.15, 0.2) is 64.2 Å². The molecule has 1 aliphatic heterocycles. The topological polar surface area (TPSA) is 146 Å². The zero-order valence-electron chi connectivity index (χ0n) is 27.3. The van der Waals surface area contributed by atoms with Gasteiger partial charge in [-0.25, -0.2) is 13.2 Å². The van der Waals surface area contributed by atoms with E-state index in [0.717, 1.165) is 36.2 Å². The Balaban J connectivity index is 1.61. The van der Waals surface area contributed by atoms with Gasteiger partial charge in [-0.15, -0.1) is 11.3 Å². The van der Waals surface area contributed by atoms with E-state index in [1.165, 1.54) is 12.1 Å². The molecule has 256 valence electrons. The Labute approximate surface area is 281 Å². The van der Waals surface area contributed by atoms with Crippen LogP contribution in [0.5, 0.6) is 5.75 Å². The van der Waals surface area contributed by atoms with Crippen LogP contribution in [0.4, 0.5) is 5.69 Å². The number of hydrogen-bond acceptors (Lipinski definition) is 9. The van der Waals surface area contributed by atoms with Crippen LogP contribution in [0, 0.1) is 5.92 Å². The standard InChI is InChI=1S/C34H45N3O8S2/c1-23-19-37(24(2)22-38)33(39)29-18-28(35-47(42,43)32-9-7-17-46-32)14-15-30(29)45-25(3)8-5-6-16-44-31(23)21-36(4)20-26-10-12-27(13-11-26)34(40)41/h7,9-15,17-18,23-25,31,35,38H,5-6,8,16,19-22H2,1-4H3,(H,40,41)/t23-,24-,25-,31+/m1/s1. The number of carbonyl (C=O) groups excluding carboxylic acids is 1. The summed E-state index contributed by atoms with van der Waals surface area (Å²) in [7, 11) is -1.88. The number of likely N-dealkylation sites (N-methyl/N-ethyl adjacent to an activating group) is 1. The number of carboxylic acids is 1. The molecule has 0 saturated carbocycles. The Morgan fingerprint density at radius 2 is 1.89 bits per heavy atom. The summed E-state index contributed by atoms with van der Waals surface area (Å²) in [6.45, 7) is 7.39. The number of sulfonamides is 1. The summed E-state index contributed by atoms with van der Waals surface area (Å²) in [5.41, 5.74) is 1.63. The first-order valence-electron chi connectivity index (χ1n) is 15.8. The summed E-state index contributed by atoms with van der Waals surface area (Å²) < 4.78 is 41.4. The largest absolute Gasteiger partial charge is 0.490 e. The number of carboxylic acid groups (broad SMARTS) is 1. The molecule has 1 aliphatic rings. The average molecular weight is 688 g/mol. The Morgan fingerprint density at radius 3 is 2.55 bits per heavy atom. The van der Waals surface area contributed by atoms with Gasteiger partial charge in [0, 0.05) is 37.8 Å². The fourth-order valence-corrected chi connectivity index (χ4v) is 7.55. The van der Waals surface area contributed by atoms with Crippen molar-refractivity contribution >= 4 is 38.9 Å². The molecule has 0 aliphatic carbocycles. The van der Waals surface area contributed by atoms with Crippen molar-refractivity contribution in [2.45, 2.75) is 69.0 Å². The highest BCUT2D eigenvalue weighted by Crippen LogP contribution is 2.30. The van der Waals surface area contributed by atoms with Crippen LogP contribution >= 0.6 is 11.3 Å². The van der Waals surface area contributed by atoms with Crippen molar-refractivity contribution < 1.29 is 37.7 Å². The molecule has 0 spiro atoms. The summed E-state index contributed by atoms with van der Waals surface area (Å²) in [5.74, 6) is -1.15. The molecule has 3 N–H and O–H groups in total. The number of ether oxygens (including phenoxy) is 2. The lowest BCUT2D eigenvalue weighted by atomic mass is 10.0. The normalized spacial score (nSPS) is 20.6. The van der Waals surface area contributed by atoms with Crippen molar-refractivity contribution in [1.29, 1.82) is 0 Å². The van der Waals surface area contributed by atoms with Gasteiger partial charge in [0.05, 0.1) is 36.0 Å². The lowest BCUT2D eigenvalue weighted by Gasteiger charge is -2.36. The molecule has 1 aromatic heterocycles. The quantitative estimate of drug-likeness (QED) is 0.263. The lowest BCUT2D eigenvalue weighted by Crippen LogP contribution is -2.47. The minimum atomic E-state index is -3.85. The van der Waals surface area contributed by atoms with Crippen molar-refractivity contribution in [3.05, 3.63) is 76.7 Å². The SMILES string of the molecule is C[C@@H]1CCCCO[C@@H](CN(C)Cc2ccc(C(=O)O)cc2)[C@H](C)CN([C@H](C)CO)C(=O)c2cc(NS(=O)(=O)c3cccs3)ccc2O1. The van der Waals surface area contributed by atoms with E-state index in [0.29, 0.717) is 25.4 Å². The molecule has 3 aromatic rings. The van der Waals surface area contributed by atoms with Crippen LogP contribution in [-0.2, 0) is 21.3 Å². The van der Waals surface area contributed by atoms with Gasteiger partial charge in [0.15, 0.2) is 0 Å². The van der Waals surface area contributed by atoms with Crippen LogP contribution in [0.3, 0.4) is 0 Å². The number of nitrogens with zero attached hydrogens (tertiary/aromatic N) is 2. The molecular formula is C34H45N3O8S2. The summed E-state index contributed by atoms with van der Waals surface area (Å²) in [6, 6.07) is 14.1. The number of aromatic carboxylic acids is 1. The highest BCUT2D eigenvalue weighted by molar-refractivity contribution is 7.94. The van der Waals surface area contributed by atoms with Crippen molar-refractivity contribution in [3.8, 4) is 5.75 Å². The minimum Gasteiger partial charge on any atom is -0.490 e. The molecule has 0 radical (unpaired) electrons. The van der Waals surface area contributed by atoms with Gasteiger partial charge >= 0.3 is 5.97 Å². The third kappa shape index (κ3) is 10.0. The third-order valence-electron chi connectivity index (χ3n) is 8.21. The van der Waals surface area contributed by atoms with Gasteiger partial charge in [0.1, 0.15) is 9.96 Å². The predicted molar refractivity (Wildman–Crippen MR) is 182 cm³/mol. The monoisotopic (exact) mass is 687 g/mol. The van der Waals surface area contributed by atoms with Crippen LogP contribution in [0.1, 0.15) is 66.3 Å². The number of carbonyl (C=O) groups is 2. The van der Waals surface area contributed by atoms with E-state index in [4.69, 9.17) is 9.47 Å². The number of nitrogens with one attached hydrogen (secondary N) is 1. The van der Waals surface area contributed by atoms with Crippen molar-refractivity contribution in [1.82, 2.24) is 9.80 Å². The second kappa shape index (κ2) is 16.6. The van der Waals surface area contributed by atoms with Gasteiger partial charge in [-0.3, -0.25) is 14.4 Å². The molecule has 0 bridgehead atoms. The average Bonchev–Trinajstić information content (AvgIpc) is 3.59. The molecule has 0 saturated heterocycles. The van der Waals surface area contributed by atoms with Crippen LogP contribution < -0.4 is 9.46 Å². The smallest absolute Gasteiger partial charge is 0.335 e. The number of aliphatic hydroxyl groups is 1. The van der Waals surface area contributed by atoms with Crippen molar-refractivity contribution in [2.75, 3.05) is 38.1 Å².